The molecular weight excluding hydrogens is 366 g/mol. The molecule has 29 heavy (non-hydrogen) atoms. The highest BCUT2D eigenvalue weighted by Gasteiger charge is 2.43. The molecule has 3 heterocycles. The number of piperidine rings is 1. The second kappa shape index (κ2) is 8.19. The number of aromatic amines is 1. The Hall–Kier alpha value is -2.34. The van der Waals surface area contributed by atoms with Gasteiger partial charge in [0.25, 0.3) is 5.91 Å². The molecule has 156 valence electrons. The summed E-state index contributed by atoms with van der Waals surface area (Å²) in [4.78, 5) is 29.9. The highest BCUT2D eigenvalue weighted by atomic mass is 16.5. The van der Waals surface area contributed by atoms with E-state index in [0.717, 1.165) is 49.7 Å². The van der Waals surface area contributed by atoms with Crippen LogP contribution in [0.5, 0.6) is 0 Å². The number of carbonyl (C=O) groups excluding carboxylic acids is 2. The minimum absolute atomic E-state index is 0.0489. The smallest absolute Gasteiger partial charge is 0.251 e. The quantitative estimate of drug-likeness (QED) is 0.811. The van der Waals surface area contributed by atoms with E-state index in [4.69, 9.17) is 4.74 Å². The molecule has 1 unspecified atom stereocenters. The van der Waals surface area contributed by atoms with Crippen LogP contribution in [-0.4, -0.2) is 53.0 Å². The van der Waals surface area contributed by atoms with Gasteiger partial charge in [-0.3, -0.25) is 9.59 Å². The largest absolute Gasteiger partial charge is 0.370 e. The van der Waals surface area contributed by atoms with Crippen molar-refractivity contribution in [3.63, 3.8) is 0 Å². The van der Waals surface area contributed by atoms with E-state index in [1.165, 1.54) is 0 Å². The third-order valence-corrected chi connectivity index (χ3v) is 6.25. The molecule has 0 bridgehead atoms. The number of hydrogen-bond donors (Lipinski definition) is 2. The summed E-state index contributed by atoms with van der Waals surface area (Å²) in [6.45, 7) is 6.25. The lowest BCUT2D eigenvalue weighted by atomic mass is 9.88. The van der Waals surface area contributed by atoms with Gasteiger partial charge in [-0.1, -0.05) is 13.8 Å². The Morgan fingerprint density at radius 3 is 2.79 bits per heavy atom. The molecule has 1 spiro atoms. The maximum absolute atomic E-state index is 12.5. The van der Waals surface area contributed by atoms with Gasteiger partial charge in [-0.2, -0.15) is 0 Å². The maximum atomic E-state index is 12.5. The molecule has 6 nitrogen and oxygen atoms in total. The standard InChI is InChI=1S/C23H31N3O3/c1-16(2)13-21(27)26-11-8-23(9-12-26)7-5-19(29-23)15-25-22(28)18-3-4-20-17(14-18)6-10-24-20/h3-4,6,10,14,16,19,24H,5,7-9,11-13,15H2,1-2H3,(H,25,28). The maximum Gasteiger partial charge on any atom is 0.251 e. The molecule has 2 saturated heterocycles. The Bertz CT molecular complexity index is 880. The van der Waals surface area contributed by atoms with E-state index >= 15 is 0 Å². The number of amides is 2. The zero-order valence-corrected chi connectivity index (χ0v) is 17.4. The average Bonchev–Trinajstić information content (AvgIpc) is 3.32. The summed E-state index contributed by atoms with van der Waals surface area (Å²) in [5.41, 5.74) is 1.58. The van der Waals surface area contributed by atoms with E-state index in [2.05, 4.69) is 24.1 Å². The Morgan fingerprint density at radius 2 is 2.03 bits per heavy atom. The molecule has 4 rings (SSSR count). The average molecular weight is 398 g/mol. The number of H-pyrrole nitrogens is 1. The summed E-state index contributed by atoms with van der Waals surface area (Å²) >= 11 is 0. The number of ether oxygens (including phenoxy) is 1. The van der Waals surface area contributed by atoms with Crippen LogP contribution in [0.3, 0.4) is 0 Å². The van der Waals surface area contributed by atoms with Gasteiger partial charge in [0.1, 0.15) is 0 Å². The van der Waals surface area contributed by atoms with Crippen molar-refractivity contribution in [1.29, 1.82) is 0 Å². The fourth-order valence-corrected chi connectivity index (χ4v) is 4.55. The molecule has 2 aliphatic rings. The van der Waals surface area contributed by atoms with Crippen LogP contribution in [0.15, 0.2) is 30.5 Å². The minimum Gasteiger partial charge on any atom is -0.370 e. The molecule has 2 amide bonds. The van der Waals surface area contributed by atoms with Gasteiger partial charge in [0.2, 0.25) is 5.91 Å². The first-order valence-electron chi connectivity index (χ1n) is 10.8. The first-order valence-corrected chi connectivity index (χ1v) is 10.8. The number of aromatic nitrogens is 1. The van der Waals surface area contributed by atoms with Crippen LogP contribution in [0.4, 0.5) is 0 Å². The van der Waals surface area contributed by atoms with Crippen LogP contribution in [0.25, 0.3) is 10.9 Å². The van der Waals surface area contributed by atoms with Gasteiger partial charge in [0, 0.05) is 48.7 Å². The van der Waals surface area contributed by atoms with Gasteiger partial charge in [0.15, 0.2) is 0 Å². The molecule has 1 aromatic carbocycles. The van der Waals surface area contributed by atoms with Gasteiger partial charge in [-0.15, -0.1) is 0 Å². The lowest BCUT2D eigenvalue weighted by Gasteiger charge is -2.39. The molecule has 0 radical (unpaired) electrons. The molecule has 1 aromatic heterocycles. The number of nitrogens with zero attached hydrogens (tertiary/aromatic N) is 1. The predicted octanol–water partition coefficient (Wildman–Crippen LogP) is 3.48. The third kappa shape index (κ3) is 4.47. The van der Waals surface area contributed by atoms with Crippen molar-refractivity contribution < 1.29 is 14.3 Å². The molecule has 2 N–H and O–H groups in total. The second-order valence-electron chi connectivity index (χ2n) is 8.93. The SMILES string of the molecule is CC(C)CC(=O)N1CCC2(CCC(CNC(=O)c3ccc4[nH]ccc4c3)O2)CC1. The van der Waals surface area contributed by atoms with Crippen LogP contribution in [0, 0.1) is 5.92 Å². The van der Waals surface area contributed by atoms with E-state index < -0.39 is 0 Å². The van der Waals surface area contributed by atoms with Crippen molar-refractivity contribution in [2.75, 3.05) is 19.6 Å². The Balaban J connectivity index is 1.26. The molecule has 0 aliphatic carbocycles. The molecule has 2 aromatic rings. The number of nitrogens with one attached hydrogen (secondary N) is 2. The van der Waals surface area contributed by atoms with Crippen LogP contribution in [0.1, 0.15) is 56.3 Å². The molecule has 2 aliphatic heterocycles. The van der Waals surface area contributed by atoms with Crippen LogP contribution in [0.2, 0.25) is 0 Å². The fraction of sp³-hybridized carbons (Fsp3) is 0.565. The normalized spacial score (nSPS) is 21.2. The van der Waals surface area contributed by atoms with Crippen molar-refractivity contribution in [1.82, 2.24) is 15.2 Å². The van der Waals surface area contributed by atoms with E-state index in [9.17, 15) is 9.59 Å². The summed E-state index contributed by atoms with van der Waals surface area (Å²) in [5, 5.41) is 4.06. The summed E-state index contributed by atoms with van der Waals surface area (Å²) < 4.78 is 6.39. The Morgan fingerprint density at radius 1 is 1.24 bits per heavy atom. The van der Waals surface area contributed by atoms with Gasteiger partial charge in [-0.25, -0.2) is 0 Å². The van der Waals surface area contributed by atoms with E-state index in [1.54, 1.807) is 0 Å². The summed E-state index contributed by atoms with van der Waals surface area (Å²) in [5.74, 6) is 0.592. The van der Waals surface area contributed by atoms with Crippen molar-refractivity contribution in [3.05, 3.63) is 36.0 Å². The summed E-state index contributed by atoms with van der Waals surface area (Å²) in [6.07, 6.45) is 6.30. The van der Waals surface area contributed by atoms with Crippen molar-refractivity contribution >= 4 is 22.7 Å². The van der Waals surface area contributed by atoms with E-state index in [-0.39, 0.29) is 23.5 Å². The zero-order valence-electron chi connectivity index (χ0n) is 17.4. The topological polar surface area (TPSA) is 74.4 Å². The molecular formula is C23H31N3O3. The van der Waals surface area contributed by atoms with E-state index in [0.29, 0.717) is 24.4 Å². The van der Waals surface area contributed by atoms with E-state index in [1.807, 2.05) is 35.4 Å². The molecule has 1 atom stereocenters. The van der Waals surface area contributed by atoms with Crippen molar-refractivity contribution in [2.24, 2.45) is 5.92 Å². The van der Waals surface area contributed by atoms with Crippen LogP contribution < -0.4 is 5.32 Å². The number of rotatable bonds is 5. The molecule has 2 fully saturated rings. The van der Waals surface area contributed by atoms with Gasteiger partial charge in [-0.05, 0) is 55.9 Å². The summed E-state index contributed by atoms with van der Waals surface area (Å²) in [6, 6.07) is 7.64. The summed E-state index contributed by atoms with van der Waals surface area (Å²) in [7, 11) is 0. The first kappa shape index (κ1) is 20.0. The molecule has 0 saturated carbocycles. The highest BCUT2D eigenvalue weighted by molar-refractivity contribution is 5.98. The van der Waals surface area contributed by atoms with Crippen LogP contribution >= 0.6 is 0 Å². The minimum atomic E-state index is -0.117. The first-order chi connectivity index (χ1) is 13.9. The predicted molar refractivity (Wildman–Crippen MR) is 113 cm³/mol. The number of hydrogen-bond acceptors (Lipinski definition) is 3. The second-order valence-corrected chi connectivity index (χ2v) is 8.93. The highest BCUT2D eigenvalue weighted by Crippen LogP contribution is 2.39. The molecule has 6 heteroatoms. The number of fused-ring (bicyclic) bond motifs is 1. The number of benzene rings is 1. The lowest BCUT2D eigenvalue weighted by molar-refractivity contribution is -0.138. The van der Waals surface area contributed by atoms with Gasteiger partial charge >= 0.3 is 0 Å². The number of carbonyl (C=O) groups is 2. The zero-order chi connectivity index (χ0) is 20.4. The lowest BCUT2D eigenvalue weighted by Crippen LogP contribution is -2.47. The third-order valence-electron chi connectivity index (χ3n) is 6.25. The number of likely N-dealkylation sites (tertiary alicyclic amines) is 1. The van der Waals surface area contributed by atoms with Crippen molar-refractivity contribution in [2.45, 2.75) is 57.7 Å². The fourth-order valence-electron chi connectivity index (χ4n) is 4.55. The van der Waals surface area contributed by atoms with Crippen LogP contribution in [-0.2, 0) is 9.53 Å². The Kier molecular flexibility index (Phi) is 5.63. The Labute approximate surface area is 172 Å². The van der Waals surface area contributed by atoms with Gasteiger partial charge < -0.3 is 19.9 Å². The van der Waals surface area contributed by atoms with Gasteiger partial charge in [0.05, 0.1) is 11.7 Å². The van der Waals surface area contributed by atoms with Crippen molar-refractivity contribution in [3.8, 4) is 0 Å². The monoisotopic (exact) mass is 397 g/mol.